The highest BCUT2D eigenvalue weighted by atomic mass is 16.5. The molecule has 0 aliphatic rings. The van der Waals surface area contributed by atoms with E-state index in [-0.39, 0.29) is 24.4 Å². The molecule has 0 heterocycles. The van der Waals surface area contributed by atoms with E-state index in [1.54, 1.807) is 38.1 Å². The van der Waals surface area contributed by atoms with Crippen LogP contribution in [0, 0.1) is 0 Å². The summed E-state index contributed by atoms with van der Waals surface area (Å²) in [6.45, 7) is 3.89. The lowest BCUT2D eigenvalue weighted by molar-refractivity contribution is -0.116. The van der Waals surface area contributed by atoms with Gasteiger partial charge in [0.15, 0.2) is 0 Å². The maximum Gasteiger partial charge on any atom is 0.338 e. The summed E-state index contributed by atoms with van der Waals surface area (Å²) in [6.07, 6.45) is 0.123. The molecule has 0 aliphatic carbocycles. The van der Waals surface area contributed by atoms with Crippen LogP contribution in [0.3, 0.4) is 0 Å². The van der Waals surface area contributed by atoms with Gasteiger partial charge in [0.05, 0.1) is 11.7 Å². The first-order chi connectivity index (χ1) is 8.52. The van der Waals surface area contributed by atoms with Crippen molar-refractivity contribution in [2.24, 2.45) is 5.73 Å². The summed E-state index contributed by atoms with van der Waals surface area (Å²) in [7, 11) is 0. The molecule has 0 saturated carbocycles. The molecule has 0 saturated heterocycles. The van der Waals surface area contributed by atoms with Gasteiger partial charge in [0, 0.05) is 18.7 Å². The average molecular weight is 250 g/mol. The van der Waals surface area contributed by atoms with E-state index in [2.05, 4.69) is 5.32 Å². The number of rotatable bonds is 5. The van der Waals surface area contributed by atoms with Crippen molar-refractivity contribution >= 4 is 17.6 Å². The van der Waals surface area contributed by atoms with E-state index in [1.807, 2.05) is 0 Å². The number of carbonyl (C=O) groups is 2. The molecule has 0 spiro atoms. The Morgan fingerprint density at radius 3 is 2.39 bits per heavy atom. The molecule has 1 amide bonds. The van der Waals surface area contributed by atoms with Crippen LogP contribution >= 0.6 is 0 Å². The van der Waals surface area contributed by atoms with Crippen molar-refractivity contribution in [2.45, 2.75) is 26.4 Å². The van der Waals surface area contributed by atoms with Crippen LogP contribution in [-0.2, 0) is 9.53 Å². The Kier molecular flexibility index (Phi) is 5.32. The molecule has 0 aromatic heterocycles. The van der Waals surface area contributed by atoms with E-state index in [0.29, 0.717) is 17.8 Å². The fourth-order valence-corrected chi connectivity index (χ4v) is 1.33. The predicted molar refractivity (Wildman–Crippen MR) is 69.3 cm³/mol. The Bertz CT molecular complexity index is 413. The number of ether oxygens (including phenoxy) is 1. The predicted octanol–water partition coefficient (Wildman–Crippen LogP) is 1.54. The van der Waals surface area contributed by atoms with Crippen molar-refractivity contribution in [3.8, 4) is 0 Å². The fraction of sp³-hybridized carbons (Fsp3) is 0.385. The van der Waals surface area contributed by atoms with Crippen LogP contribution in [0.1, 0.15) is 30.6 Å². The number of hydrogen-bond donors (Lipinski definition) is 2. The molecule has 0 fully saturated rings. The Hall–Kier alpha value is -1.88. The number of carbonyl (C=O) groups excluding carboxylic acids is 2. The minimum atomic E-state index is -0.371. The van der Waals surface area contributed by atoms with Gasteiger partial charge in [-0.05, 0) is 38.1 Å². The van der Waals surface area contributed by atoms with Crippen molar-refractivity contribution < 1.29 is 14.3 Å². The third kappa shape index (κ3) is 4.55. The van der Waals surface area contributed by atoms with Crippen molar-refractivity contribution in [1.82, 2.24) is 0 Å². The SMILES string of the molecule is CC(C)OC(=O)c1ccc(NC(=O)CCN)cc1. The third-order valence-electron chi connectivity index (χ3n) is 2.12. The fourth-order valence-electron chi connectivity index (χ4n) is 1.33. The molecule has 1 aromatic carbocycles. The lowest BCUT2D eigenvalue weighted by Crippen LogP contribution is -2.16. The normalized spacial score (nSPS) is 10.2. The number of anilines is 1. The van der Waals surface area contributed by atoms with E-state index in [4.69, 9.17) is 10.5 Å². The van der Waals surface area contributed by atoms with Gasteiger partial charge in [-0.1, -0.05) is 0 Å². The highest BCUT2D eigenvalue weighted by Crippen LogP contribution is 2.11. The Morgan fingerprint density at radius 1 is 1.28 bits per heavy atom. The molecular weight excluding hydrogens is 232 g/mol. The number of esters is 1. The molecule has 18 heavy (non-hydrogen) atoms. The second-order valence-electron chi connectivity index (χ2n) is 4.12. The van der Waals surface area contributed by atoms with Crippen LogP contribution < -0.4 is 11.1 Å². The van der Waals surface area contributed by atoms with Crippen LogP contribution in [0.4, 0.5) is 5.69 Å². The smallest absolute Gasteiger partial charge is 0.338 e. The largest absolute Gasteiger partial charge is 0.459 e. The Balaban J connectivity index is 2.62. The third-order valence-corrected chi connectivity index (χ3v) is 2.12. The second-order valence-corrected chi connectivity index (χ2v) is 4.12. The van der Waals surface area contributed by atoms with Gasteiger partial charge in [0.25, 0.3) is 0 Å². The van der Waals surface area contributed by atoms with Gasteiger partial charge < -0.3 is 15.8 Å². The maximum absolute atomic E-state index is 11.6. The van der Waals surface area contributed by atoms with Crippen molar-refractivity contribution in [3.05, 3.63) is 29.8 Å². The molecule has 0 unspecified atom stereocenters. The van der Waals surface area contributed by atoms with E-state index >= 15 is 0 Å². The van der Waals surface area contributed by atoms with Crippen molar-refractivity contribution in [2.75, 3.05) is 11.9 Å². The summed E-state index contributed by atoms with van der Waals surface area (Å²) < 4.78 is 5.05. The molecular formula is C13H18N2O3. The van der Waals surface area contributed by atoms with Gasteiger partial charge in [-0.15, -0.1) is 0 Å². The molecule has 0 bridgehead atoms. The molecule has 5 heteroatoms. The number of hydrogen-bond acceptors (Lipinski definition) is 4. The molecule has 98 valence electrons. The van der Waals surface area contributed by atoms with Crippen LogP contribution in [-0.4, -0.2) is 24.5 Å². The van der Waals surface area contributed by atoms with Crippen molar-refractivity contribution in [1.29, 1.82) is 0 Å². The van der Waals surface area contributed by atoms with E-state index in [9.17, 15) is 9.59 Å². The van der Waals surface area contributed by atoms with Crippen LogP contribution in [0.2, 0.25) is 0 Å². The second kappa shape index (κ2) is 6.76. The highest BCUT2D eigenvalue weighted by Gasteiger charge is 2.09. The highest BCUT2D eigenvalue weighted by molar-refractivity contribution is 5.93. The Morgan fingerprint density at radius 2 is 1.89 bits per heavy atom. The minimum Gasteiger partial charge on any atom is -0.459 e. The summed E-state index contributed by atoms with van der Waals surface area (Å²) in [5.74, 6) is -0.514. The summed E-state index contributed by atoms with van der Waals surface area (Å²) in [5.41, 5.74) is 6.36. The summed E-state index contributed by atoms with van der Waals surface area (Å²) in [6, 6.07) is 6.54. The lowest BCUT2D eigenvalue weighted by Gasteiger charge is -2.08. The van der Waals surface area contributed by atoms with Crippen LogP contribution in [0.5, 0.6) is 0 Å². The number of amides is 1. The number of nitrogens with two attached hydrogens (primary N) is 1. The van der Waals surface area contributed by atoms with E-state index in [1.165, 1.54) is 0 Å². The first-order valence-electron chi connectivity index (χ1n) is 5.84. The summed E-state index contributed by atoms with van der Waals surface area (Å²) in [5, 5.41) is 2.68. The van der Waals surface area contributed by atoms with Gasteiger partial charge >= 0.3 is 5.97 Å². The topological polar surface area (TPSA) is 81.4 Å². The molecule has 0 atom stereocenters. The maximum atomic E-state index is 11.6. The number of benzene rings is 1. The van der Waals surface area contributed by atoms with E-state index in [0.717, 1.165) is 0 Å². The molecule has 1 rings (SSSR count). The quantitative estimate of drug-likeness (QED) is 0.777. The van der Waals surface area contributed by atoms with Crippen LogP contribution in [0.15, 0.2) is 24.3 Å². The first kappa shape index (κ1) is 14.2. The first-order valence-corrected chi connectivity index (χ1v) is 5.84. The summed E-state index contributed by atoms with van der Waals surface area (Å²) >= 11 is 0. The molecule has 5 nitrogen and oxygen atoms in total. The molecule has 0 radical (unpaired) electrons. The average Bonchev–Trinajstić information content (AvgIpc) is 2.29. The lowest BCUT2D eigenvalue weighted by atomic mass is 10.2. The van der Waals surface area contributed by atoms with Gasteiger partial charge in [-0.25, -0.2) is 4.79 Å². The Labute approximate surface area is 106 Å². The zero-order valence-corrected chi connectivity index (χ0v) is 10.6. The molecule has 0 aliphatic heterocycles. The standard InChI is InChI=1S/C13H18N2O3/c1-9(2)18-13(17)10-3-5-11(6-4-10)15-12(16)7-8-14/h3-6,9H,7-8,14H2,1-2H3,(H,15,16). The zero-order valence-electron chi connectivity index (χ0n) is 10.6. The van der Waals surface area contributed by atoms with Gasteiger partial charge in [0.2, 0.25) is 5.91 Å². The van der Waals surface area contributed by atoms with Gasteiger partial charge in [-0.2, -0.15) is 0 Å². The van der Waals surface area contributed by atoms with E-state index < -0.39 is 0 Å². The molecule has 3 N–H and O–H groups in total. The minimum absolute atomic E-state index is 0.144. The number of nitrogens with one attached hydrogen (secondary N) is 1. The van der Waals surface area contributed by atoms with Crippen LogP contribution in [0.25, 0.3) is 0 Å². The van der Waals surface area contributed by atoms with Crippen molar-refractivity contribution in [3.63, 3.8) is 0 Å². The van der Waals surface area contributed by atoms with Gasteiger partial charge in [-0.3, -0.25) is 4.79 Å². The zero-order chi connectivity index (χ0) is 13.5. The summed E-state index contributed by atoms with van der Waals surface area (Å²) in [4.78, 5) is 22.9. The van der Waals surface area contributed by atoms with Gasteiger partial charge in [0.1, 0.15) is 0 Å². The monoisotopic (exact) mass is 250 g/mol. The molecule has 1 aromatic rings.